The number of ether oxygens (including phenoxy) is 1. The van der Waals surface area contributed by atoms with Gasteiger partial charge in [0.05, 0.1) is 23.1 Å². The molecule has 0 spiro atoms. The predicted octanol–water partition coefficient (Wildman–Crippen LogP) is 4.90. The molecular weight excluding hydrogens is 437 g/mol. The second-order valence-corrected chi connectivity index (χ2v) is 6.78. The van der Waals surface area contributed by atoms with Crippen LogP contribution in [0.4, 0.5) is 13.2 Å². The highest BCUT2D eigenvalue weighted by Crippen LogP contribution is 2.34. The fraction of sp³-hybridized carbons (Fsp3) is 0.176. The van der Waals surface area contributed by atoms with E-state index in [2.05, 4.69) is 20.9 Å². The average molecular weight is 448 g/mol. The Morgan fingerprint density at radius 3 is 2.58 bits per heavy atom. The summed E-state index contributed by atoms with van der Waals surface area (Å²) in [6.45, 7) is 0. The first-order valence-electron chi connectivity index (χ1n) is 7.31. The molecule has 0 amide bonds. The number of hydrogen-bond acceptors (Lipinski definition) is 3. The highest BCUT2D eigenvalue weighted by Gasteiger charge is 2.32. The first-order chi connectivity index (χ1) is 12.2. The summed E-state index contributed by atoms with van der Waals surface area (Å²) in [5.74, 6) is -0.00952. The Balaban J connectivity index is 2.11. The van der Waals surface area contributed by atoms with Gasteiger partial charge in [0.1, 0.15) is 5.69 Å². The number of fused-ring (bicyclic) bond motifs is 1. The number of alkyl halides is 3. The Kier molecular flexibility index (Phi) is 4.98. The molecule has 0 fully saturated rings. The maximum atomic E-state index is 12.6. The van der Waals surface area contributed by atoms with E-state index < -0.39 is 11.9 Å². The van der Waals surface area contributed by atoms with Gasteiger partial charge in [-0.1, -0.05) is 33.6 Å². The van der Waals surface area contributed by atoms with Crippen LogP contribution in [0.5, 0.6) is 5.88 Å². The molecule has 0 saturated carbocycles. The van der Waals surface area contributed by atoms with Gasteiger partial charge in [-0.15, -0.1) is 4.73 Å². The molecular formula is C17H11BrClF3N2O2. The molecule has 0 bridgehead atoms. The van der Waals surface area contributed by atoms with Crippen LogP contribution in [0.3, 0.4) is 0 Å². The lowest BCUT2D eigenvalue weighted by Gasteiger charge is -2.14. The van der Waals surface area contributed by atoms with Crippen molar-refractivity contribution >= 4 is 38.4 Å². The van der Waals surface area contributed by atoms with Gasteiger partial charge in [0.15, 0.2) is 0 Å². The lowest BCUT2D eigenvalue weighted by Crippen LogP contribution is -2.31. The third-order valence-electron chi connectivity index (χ3n) is 3.81. The predicted molar refractivity (Wildman–Crippen MR) is 94.2 cm³/mol. The third kappa shape index (κ3) is 3.43. The van der Waals surface area contributed by atoms with Crippen molar-refractivity contribution in [1.82, 2.24) is 4.98 Å². The van der Waals surface area contributed by atoms with Gasteiger partial charge in [-0.25, -0.2) is 0 Å². The topological polar surface area (TPSA) is 49.1 Å². The molecule has 26 heavy (non-hydrogen) atoms. The molecule has 9 heteroatoms. The minimum Gasteiger partial charge on any atom is -0.616 e. The number of rotatable bonds is 3. The van der Waals surface area contributed by atoms with E-state index in [0.29, 0.717) is 31.8 Å². The normalized spacial score (nSPS) is 11.8. The summed E-state index contributed by atoms with van der Waals surface area (Å²) in [6.07, 6.45) is -3.31. The average Bonchev–Trinajstić information content (AvgIpc) is 2.59. The van der Waals surface area contributed by atoms with E-state index in [9.17, 15) is 18.4 Å². The van der Waals surface area contributed by atoms with Crippen molar-refractivity contribution in [3.8, 4) is 5.88 Å². The van der Waals surface area contributed by atoms with Gasteiger partial charge in [0.2, 0.25) is 5.52 Å². The molecule has 0 aliphatic rings. The fourth-order valence-corrected chi connectivity index (χ4v) is 3.27. The molecule has 4 nitrogen and oxygen atoms in total. The molecule has 0 unspecified atom stereocenters. The molecule has 136 valence electrons. The maximum Gasteiger partial charge on any atom is 0.433 e. The summed E-state index contributed by atoms with van der Waals surface area (Å²) in [7, 11) is 1.33. The number of hydrogen-bond donors (Lipinski definition) is 0. The monoisotopic (exact) mass is 446 g/mol. The van der Waals surface area contributed by atoms with E-state index in [1.165, 1.54) is 13.2 Å². The van der Waals surface area contributed by atoms with Crippen LogP contribution in [-0.2, 0) is 12.6 Å². The summed E-state index contributed by atoms with van der Waals surface area (Å²) in [4.78, 5) is 3.43. The molecule has 0 radical (unpaired) electrons. The summed E-state index contributed by atoms with van der Waals surface area (Å²) in [6, 6.07) is 7.18. The van der Waals surface area contributed by atoms with Crippen LogP contribution < -0.4 is 9.47 Å². The molecule has 0 atom stereocenters. The SMILES string of the molecule is COc1c(Cc2ccc(C(F)(F)F)nc2)c(Cl)c2cc(Br)ccc2[n+]1[O-]. The van der Waals surface area contributed by atoms with E-state index in [-0.39, 0.29) is 12.3 Å². The van der Waals surface area contributed by atoms with Crippen LogP contribution in [0, 0.1) is 5.21 Å². The summed E-state index contributed by atoms with van der Waals surface area (Å²) in [5.41, 5.74) is 0.175. The zero-order valence-corrected chi connectivity index (χ0v) is 15.6. The summed E-state index contributed by atoms with van der Waals surface area (Å²) < 4.78 is 44.5. The second-order valence-electron chi connectivity index (χ2n) is 5.48. The number of benzene rings is 1. The Labute approximate surface area is 159 Å². The molecule has 3 aromatic rings. The highest BCUT2D eigenvalue weighted by molar-refractivity contribution is 9.10. The minimum absolute atomic E-state index is 0.00952. The Bertz CT molecular complexity index is 979. The van der Waals surface area contributed by atoms with Gasteiger partial charge < -0.3 is 9.94 Å². The van der Waals surface area contributed by atoms with Crippen LogP contribution in [0.1, 0.15) is 16.8 Å². The lowest BCUT2D eigenvalue weighted by atomic mass is 10.0. The van der Waals surface area contributed by atoms with Gasteiger partial charge in [-0.2, -0.15) is 13.2 Å². The maximum absolute atomic E-state index is 12.6. The molecule has 2 aromatic heterocycles. The van der Waals surface area contributed by atoms with E-state index in [0.717, 1.165) is 16.7 Å². The number of methoxy groups -OCH3 is 1. The minimum atomic E-state index is -4.51. The first-order valence-corrected chi connectivity index (χ1v) is 8.48. The van der Waals surface area contributed by atoms with Crippen molar-refractivity contribution < 1.29 is 22.6 Å². The Hall–Kier alpha value is -2.06. The van der Waals surface area contributed by atoms with Gasteiger partial charge >= 0.3 is 12.1 Å². The van der Waals surface area contributed by atoms with Gasteiger partial charge in [0.25, 0.3) is 0 Å². The molecule has 3 rings (SSSR count). The molecule has 0 N–H and O–H groups in total. The van der Waals surface area contributed by atoms with Crippen molar-refractivity contribution in [2.24, 2.45) is 0 Å². The van der Waals surface area contributed by atoms with Crippen molar-refractivity contribution in [2.75, 3.05) is 7.11 Å². The highest BCUT2D eigenvalue weighted by atomic mass is 79.9. The van der Waals surface area contributed by atoms with Crippen LogP contribution in [0.2, 0.25) is 5.02 Å². The van der Waals surface area contributed by atoms with Crippen LogP contribution in [0.15, 0.2) is 41.0 Å². The number of pyridine rings is 2. The Morgan fingerprint density at radius 2 is 2.00 bits per heavy atom. The fourth-order valence-electron chi connectivity index (χ4n) is 2.61. The van der Waals surface area contributed by atoms with Crippen LogP contribution in [0.25, 0.3) is 10.9 Å². The molecule has 2 heterocycles. The van der Waals surface area contributed by atoms with Crippen molar-refractivity contribution in [3.63, 3.8) is 0 Å². The van der Waals surface area contributed by atoms with Gasteiger partial charge in [-0.3, -0.25) is 4.98 Å². The van der Waals surface area contributed by atoms with Gasteiger partial charge in [0, 0.05) is 23.2 Å². The smallest absolute Gasteiger partial charge is 0.433 e. The standard InChI is InChI=1S/C17H11BrClF3N2O2/c1-26-16-12(6-9-2-5-14(23-8-9)17(20,21)22)15(19)11-7-10(18)3-4-13(11)24(16)25/h2-5,7-8H,6H2,1H3. The lowest BCUT2D eigenvalue weighted by molar-refractivity contribution is -0.585. The van der Waals surface area contributed by atoms with E-state index >= 15 is 0 Å². The summed E-state index contributed by atoms with van der Waals surface area (Å²) in [5, 5.41) is 13.4. The van der Waals surface area contributed by atoms with E-state index in [4.69, 9.17) is 16.3 Å². The molecule has 0 aliphatic heterocycles. The number of nitrogens with zero attached hydrogens (tertiary/aromatic N) is 2. The largest absolute Gasteiger partial charge is 0.616 e. The number of aromatic nitrogens is 2. The first kappa shape index (κ1) is 18.7. The third-order valence-corrected chi connectivity index (χ3v) is 4.74. The van der Waals surface area contributed by atoms with Crippen LogP contribution in [-0.4, -0.2) is 12.1 Å². The van der Waals surface area contributed by atoms with Crippen LogP contribution >= 0.6 is 27.5 Å². The van der Waals surface area contributed by atoms with Crippen molar-refractivity contribution in [2.45, 2.75) is 12.6 Å². The Morgan fingerprint density at radius 1 is 1.27 bits per heavy atom. The quantitative estimate of drug-likeness (QED) is 0.424. The number of halogens is 5. The molecule has 0 aliphatic carbocycles. The molecule has 0 saturated heterocycles. The van der Waals surface area contributed by atoms with E-state index in [1.54, 1.807) is 18.2 Å². The zero-order valence-electron chi connectivity index (χ0n) is 13.3. The summed E-state index contributed by atoms with van der Waals surface area (Å²) >= 11 is 9.80. The second kappa shape index (κ2) is 6.92. The molecule has 1 aromatic carbocycles. The van der Waals surface area contributed by atoms with E-state index in [1.807, 2.05) is 0 Å². The van der Waals surface area contributed by atoms with Gasteiger partial charge in [-0.05, 0) is 23.8 Å². The van der Waals surface area contributed by atoms with Crippen molar-refractivity contribution in [3.05, 3.63) is 68.1 Å². The van der Waals surface area contributed by atoms with Crippen molar-refractivity contribution in [1.29, 1.82) is 0 Å². The zero-order chi connectivity index (χ0) is 19.1.